The van der Waals surface area contributed by atoms with Gasteiger partial charge >= 0.3 is 11.9 Å². The summed E-state index contributed by atoms with van der Waals surface area (Å²) in [5, 5.41) is 18.6. The quantitative estimate of drug-likeness (QED) is 0.751. The molecule has 2 aliphatic carbocycles. The number of carboxylic acids is 2. The Labute approximate surface area is 126 Å². The van der Waals surface area contributed by atoms with Crippen molar-refractivity contribution < 1.29 is 19.8 Å². The number of carbonyl (C=O) groups is 2. The molecular formula is C17H26O4. The van der Waals surface area contributed by atoms with Crippen molar-refractivity contribution in [1.82, 2.24) is 0 Å². The monoisotopic (exact) mass is 294 g/mol. The number of carboxylic acid groups (broad SMARTS) is 2. The van der Waals surface area contributed by atoms with Crippen molar-refractivity contribution in [3.8, 4) is 0 Å². The summed E-state index contributed by atoms with van der Waals surface area (Å²) in [6, 6.07) is 0. The molecule has 4 heteroatoms. The molecule has 2 saturated carbocycles. The molecular weight excluding hydrogens is 268 g/mol. The van der Waals surface area contributed by atoms with Crippen LogP contribution in [0.1, 0.15) is 70.6 Å². The molecule has 0 spiro atoms. The van der Waals surface area contributed by atoms with Crippen molar-refractivity contribution >= 4 is 11.9 Å². The van der Waals surface area contributed by atoms with Crippen LogP contribution in [-0.2, 0) is 9.59 Å². The topological polar surface area (TPSA) is 74.6 Å². The van der Waals surface area contributed by atoms with Gasteiger partial charge in [-0.3, -0.25) is 4.79 Å². The molecule has 2 fully saturated rings. The fraction of sp³-hybridized carbons (Fsp3) is 0.765. The Balaban J connectivity index is 2.34. The van der Waals surface area contributed by atoms with Gasteiger partial charge in [0, 0.05) is 5.57 Å². The third-order valence-corrected chi connectivity index (χ3v) is 5.02. The maximum Gasteiger partial charge on any atom is 0.332 e. The van der Waals surface area contributed by atoms with E-state index >= 15 is 0 Å². The van der Waals surface area contributed by atoms with Crippen LogP contribution in [0.25, 0.3) is 0 Å². The zero-order chi connectivity index (χ0) is 15.2. The molecule has 2 rings (SSSR count). The smallest absolute Gasteiger partial charge is 0.332 e. The van der Waals surface area contributed by atoms with E-state index in [1.165, 1.54) is 12.8 Å². The summed E-state index contributed by atoms with van der Waals surface area (Å²) in [6.07, 6.45) is 10.8. The predicted octanol–water partition coefficient (Wildman–Crippen LogP) is 4.00. The van der Waals surface area contributed by atoms with Crippen LogP contribution < -0.4 is 0 Å². The molecule has 21 heavy (non-hydrogen) atoms. The lowest BCUT2D eigenvalue weighted by molar-refractivity contribution is -0.139. The van der Waals surface area contributed by atoms with Gasteiger partial charge in [-0.1, -0.05) is 44.1 Å². The lowest BCUT2D eigenvalue weighted by Gasteiger charge is -2.33. The van der Waals surface area contributed by atoms with E-state index in [1.54, 1.807) is 0 Å². The Morgan fingerprint density at radius 3 is 1.52 bits per heavy atom. The van der Waals surface area contributed by atoms with Crippen LogP contribution in [0.4, 0.5) is 0 Å². The van der Waals surface area contributed by atoms with E-state index in [4.69, 9.17) is 5.11 Å². The highest BCUT2D eigenvalue weighted by molar-refractivity contribution is 5.93. The first-order chi connectivity index (χ1) is 10.1. The largest absolute Gasteiger partial charge is 0.481 e. The van der Waals surface area contributed by atoms with E-state index in [2.05, 4.69) is 0 Å². The highest BCUT2D eigenvalue weighted by Gasteiger charge is 2.31. The second kappa shape index (κ2) is 7.62. The van der Waals surface area contributed by atoms with Crippen LogP contribution in [0.2, 0.25) is 0 Å². The Kier molecular flexibility index (Phi) is 5.83. The zero-order valence-corrected chi connectivity index (χ0v) is 12.6. The van der Waals surface area contributed by atoms with Crippen LogP contribution in [0.5, 0.6) is 0 Å². The first-order valence-corrected chi connectivity index (χ1v) is 8.27. The Hall–Kier alpha value is -1.32. The molecule has 2 aliphatic rings. The van der Waals surface area contributed by atoms with Gasteiger partial charge in [-0.25, -0.2) is 4.79 Å². The van der Waals surface area contributed by atoms with E-state index < -0.39 is 11.9 Å². The van der Waals surface area contributed by atoms with Gasteiger partial charge in [0.2, 0.25) is 0 Å². The molecule has 2 N–H and O–H groups in total. The van der Waals surface area contributed by atoms with E-state index in [1.807, 2.05) is 0 Å². The summed E-state index contributed by atoms with van der Waals surface area (Å²) in [4.78, 5) is 22.7. The summed E-state index contributed by atoms with van der Waals surface area (Å²) < 4.78 is 0. The van der Waals surface area contributed by atoms with Gasteiger partial charge in [-0.2, -0.15) is 0 Å². The zero-order valence-electron chi connectivity index (χ0n) is 12.6. The fourth-order valence-electron chi connectivity index (χ4n) is 4.11. The van der Waals surface area contributed by atoms with E-state index in [9.17, 15) is 14.7 Å². The van der Waals surface area contributed by atoms with Crippen LogP contribution in [-0.4, -0.2) is 22.2 Å². The predicted molar refractivity (Wildman–Crippen MR) is 80.1 cm³/mol. The van der Waals surface area contributed by atoms with Crippen LogP contribution >= 0.6 is 0 Å². The molecule has 0 bridgehead atoms. The Bertz CT molecular complexity index is 393. The second-order valence-electron chi connectivity index (χ2n) is 6.48. The molecule has 0 aliphatic heterocycles. The SMILES string of the molecule is O=C(O)CC(C(=O)O)=C(C1CCCCC1)C1CCCCC1. The summed E-state index contributed by atoms with van der Waals surface area (Å²) >= 11 is 0. The third kappa shape index (κ3) is 4.32. The molecule has 0 radical (unpaired) electrons. The normalized spacial score (nSPS) is 21.0. The van der Waals surface area contributed by atoms with Crippen molar-refractivity contribution in [2.75, 3.05) is 0 Å². The number of rotatable bonds is 5. The second-order valence-corrected chi connectivity index (χ2v) is 6.48. The molecule has 0 saturated heterocycles. The average Bonchev–Trinajstić information content (AvgIpc) is 2.48. The minimum absolute atomic E-state index is 0.182. The highest BCUT2D eigenvalue weighted by atomic mass is 16.4. The number of hydrogen-bond acceptors (Lipinski definition) is 2. The molecule has 118 valence electrons. The first-order valence-electron chi connectivity index (χ1n) is 8.27. The summed E-state index contributed by atoms with van der Waals surface area (Å²) in [5.41, 5.74) is 1.17. The van der Waals surface area contributed by atoms with Gasteiger partial charge < -0.3 is 10.2 Å². The van der Waals surface area contributed by atoms with Gasteiger partial charge in [0.05, 0.1) is 6.42 Å². The summed E-state index contributed by atoms with van der Waals surface area (Å²) in [7, 11) is 0. The number of hydrogen-bond donors (Lipinski definition) is 2. The lowest BCUT2D eigenvalue weighted by Crippen LogP contribution is -2.24. The fourth-order valence-corrected chi connectivity index (χ4v) is 4.11. The maximum atomic E-state index is 11.6. The lowest BCUT2D eigenvalue weighted by atomic mass is 9.71. The van der Waals surface area contributed by atoms with Crippen molar-refractivity contribution in [3.63, 3.8) is 0 Å². The number of aliphatic carboxylic acids is 2. The van der Waals surface area contributed by atoms with Crippen molar-refractivity contribution in [2.24, 2.45) is 11.8 Å². The van der Waals surface area contributed by atoms with Crippen molar-refractivity contribution in [3.05, 3.63) is 11.1 Å². The van der Waals surface area contributed by atoms with Gasteiger partial charge in [0.25, 0.3) is 0 Å². The van der Waals surface area contributed by atoms with Gasteiger partial charge in [-0.05, 0) is 37.5 Å². The molecule has 0 aromatic carbocycles. The van der Waals surface area contributed by atoms with Gasteiger partial charge in [0.1, 0.15) is 0 Å². The average molecular weight is 294 g/mol. The molecule has 4 nitrogen and oxygen atoms in total. The molecule has 0 atom stereocenters. The van der Waals surface area contributed by atoms with Crippen molar-refractivity contribution in [1.29, 1.82) is 0 Å². The first kappa shape index (κ1) is 16.1. The number of allylic oxidation sites excluding steroid dienone is 1. The Morgan fingerprint density at radius 2 is 1.19 bits per heavy atom. The van der Waals surface area contributed by atoms with Crippen LogP contribution in [0.3, 0.4) is 0 Å². The molecule has 0 heterocycles. The van der Waals surface area contributed by atoms with Gasteiger partial charge in [0.15, 0.2) is 0 Å². The molecule has 0 unspecified atom stereocenters. The van der Waals surface area contributed by atoms with Crippen LogP contribution in [0, 0.1) is 11.8 Å². The van der Waals surface area contributed by atoms with E-state index in [0.29, 0.717) is 11.8 Å². The van der Waals surface area contributed by atoms with Gasteiger partial charge in [-0.15, -0.1) is 0 Å². The van der Waals surface area contributed by atoms with E-state index in [0.717, 1.165) is 56.9 Å². The standard InChI is InChI=1S/C17H26O4/c18-15(19)11-14(17(20)21)16(12-7-3-1-4-8-12)13-9-5-2-6-10-13/h12-13H,1-11H2,(H,18,19)(H,20,21). The summed E-state index contributed by atoms with van der Waals surface area (Å²) in [6.45, 7) is 0. The molecule has 0 aromatic rings. The minimum Gasteiger partial charge on any atom is -0.481 e. The highest BCUT2D eigenvalue weighted by Crippen LogP contribution is 2.41. The third-order valence-electron chi connectivity index (χ3n) is 5.02. The summed E-state index contributed by atoms with van der Waals surface area (Å²) in [5.74, 6) is -1.46. The Morgan fingerprint density at radius 1 is 0.762 bits per heavy atom. The maximum absolute atomic E-state index is 11.6. The minimum atomic E-state index is -1.03. The molecule has 0 amide bonds. The van der Waals surface area contributed by atoms with Crippen molar-refractivity contribution in [2.45, 2.75) is 70.6 Å². The van der Waals surface area contributed by atoms with E-state index in [-0.39, 0.29) is 12.0 Å². The molecule has 0 aromatic heterocycles. The van der Waals surface area contributed by atoms with Crippen LogP contribution in [0.15, 0.2) is 11.1 Å².